The summed E-state index contributed by atoms with van der Waals surface area (Å²) in [5.41, 5.74) is 0. The van der Waals surface area contributed by atoms with Crippen LogP contribution in [-0.2, 0) is 11.3 Å². The molecule has 0 aliphatic rings. The number of methoxy groups -OCH3 is 1. The Morgan fingerprint density at radius 2 is 2.05 bits per heavy atom. The zero-order valence-corrected chi connectivity index (χ0v) is 11.2. The van der Waals surface area contributed by atoms with E-state index in [1.807, 2.05) is 0 Å². The Labute approximate surface area is 114 Å². The van der Waals surface area contributed by atoms with Gasteiger partial charge in [-0.25, -0.2) is 9.97 Å². The van der Waals surface area contributed by atoms with Crippen LogP contribution in [-0.4, -0.2) is 29.8 Å². The Kier molecular flexibility index (Phi) is 6.30. The number of nitrogens with one attached hydrogen (secondary N) is 1. The van der Waals surface area contributed by atoms with Crippen molar-refractivity contribution in [1.82, 2.24) is 9.97 Å². The van der Waals surface area contributed by atoms with Gasteiger partial charge in [0.15, 0.2) is 5.82 Å². The standard InChI is InChI=1S/C11H15ClF3N3O/c1-19-7-10-17-8(12)6-9(18-10)16-5-3-2-4-11(13,14)15/h6H,2-5,7H2,1H3,(H,16,17,18). The average Bonchev–Trinajstić information content (AvgIpc) is 2.26. The Morgan fingerprint density at radius 1 is 1.32 bits per heavy atom. The predicted octanol–water partition coefficient (Wildman–Crippen LogP) is 3.42. The first kappa shape index (κ1) is 16.0. The number of anilines is 1. The first-order chi connectivity index (χ1) is 8.90. The van der Waals surface area contributed by atoms with E-state index in [1.165, 1.54) is 13.2 Å². The van der Waals surface area contributed by atoms with Gasteiger partial charge in [-0.3, -0.25) is 0 Å². The highest BCUT2D eigenvalue weighted by molar-refractivity contribution is 6.29. The summed E-state index contributed by atoms with van der Waals surface area (Å²) in [6, 6.07) is 1.52. The van der Waals surface area contributed by atoms with Crippen molar-refractivity contribution in [2.75, 3.05) is 19.0 Å². The number of nitrogens with zero attached hydrogens (tertiary/aromatic N) is 2. The molecule has 1 aromatic rings. The van der Waals surface area contributed by atoms with Crippen molar-refractivity contribution in [2.45, 2.75) is 32.0 Å². The summed E-state index contributed by atoms with van der Waals surface area (Å²) in [4.78, 5) is 8.06. The van der Waals surface area contributed by atoms with E-state index in [2.05, 4.69) is 15.3 Å². The summed E-state index contributed by atoms with van der Waals surface area (Å²) in [6.45, 7) is 0.624. The number of rotatable bonds is 7. The largest absolute Gasteiger partial charge is 0.389 e. The van der Waals surface area contributed by atoms with E-state index in [1.54, 1.807) is 0 Å². The first-order valence-corrected chi connectivity index (χ1v) is 6.11. The number of aromatic nitrogens is 2. The second-order valence-electron chi connectivity index (χ2n) is 3.92. The molecule has 1 rings (SSSR count). The van der Waals surface area contributed by atoms with Crippen molar-refractivity contribution in [1.29, 1.82) is 0 Å². The quantitative estimate of drug-likeness (QED) is 0.619. The summed E-state index contributed by atoms with van der Waals surface area (Å²) in [7, 11) is 1.51. The molecule has 19 heavy (non-hydrogen) atoms. The van der Waals surface area contributed by atoms with E-state index in [4.69, 9.17) is 16.3 Å². The lowest BCUT2D eigenvalue weighted by molar-refractivity contribution is -0.135. The molecule has 0 spiro atoms. The number of hydrogen-bond donors (Lipinski definition) is 1. The van der Waals surface area contributed by atoms with Crippen molar-refractivity contribution < 1.29 is 17.9 Å². The van der Waals surface area contributed by atoms with Crippen molar-refractivity contribution in [3.63, 3.8) is 0 Å². The van der Waals surface area contributed by atoms with Gasteiger partial charge in [0.2, 0.25) is 0 Å². The van der Waals surface area contributed by atoms with Crippen LogP contribution in [0.1, 0.15) is 25.1 Å². The molecule has 1 heterocycles. The van der Waals surface area contributed by atoms with E-state index in [-0.39, 0.29) is 18.2 Å². The van der Waals surface area contributed by atoms with Crippen LogP contribution in [0.2, 0.25) is 5.15 Å². The van der Waals surface area contributed by atoms with E-state index in [0.29, 0.717) is 24.6 Å². The van der Waals surface area contributed by atoms with E-state index >= 15 is 0 Å². The second kappa shape index (κ2) is 7.49. The normalized spacial score (nSPS) is 11.6. The van der Waals surface area contributed by atoms with Crippen LogP contribution in [0, 0.1) is 0 Å². The minimum Gasteiger partial charge on any atom is -0.377 e. The molecule has 0 saturated heterocycles. The highest BCUT2D eigenvalue weighted by Crippen LogP contribution is 2.22. The third-order valence-corrected chi connectivity index (χ3v) is 2.40. The summed E-state index contributed by atoms with van der Waals surface area (Å²) in [5, 5.41) is 3.18. The number of unbranched alkanes of at least 4 members (excludes halogenated alkanes) is 1. The minimum absolute atomic E-state index is 0.0836. The summed E-state index contributed by atoms with van der Waals surface area (Å²) < 4.78 is 40.7. The Bertz CT molecular complexity index is 401. The van der Waals surface area contributed by atoms with Gasteiger partial charge in [0.05, 0.1) is 0 Å². The molecule has 0 aliphatic carbocycles. The lowest BCUT2D eigenvalue weighted by atomic mass is 10.2. The van der Waals surface area contributed by atoms with Crippen LogP contribution >= 0.6 is 11.6 Å². The summed E-state index contributed by atoms with van der Waals surface area (Å²) in [5.74, 6) is 0.909. The topological polar surface area (TPSA) is 47.0 Å². The fraction of sp³-hybridized carbons (Fsp3) is 0.636. The van der Waals surface area contributed by atoms with Crippen molar-refractivity contribution in [3.8, 4) is 0 Å². The van der Waals surface area contributed by atoms with E-state index in [0.717, 1.165) is 0 Å². The molecule has 1 aromatic heterocycles. The molecular weight excluding hydrogens is 283 g/mol. The first-order valence-electron chi connectivity index (χ1n) is 5.74. The van der Waals surface area contributed by atoms with Gasteiger partial charge in [0, 0.05) is 26.1 Å². The zero-order valence-electron chi connectivity index (χ0n) is 10.4. The maximum absolute atomic E-state index is 11.9. The van der Waals surface area contributed by atoms with Crippen LogP contribution < -0.4 is 5.32 Å². The molecular formula is C11H15ClF3N3O. The number of halogens is 4. The van der Waals surface area contributed by atoms with Crippen LogP contribution in [0.15, 0.2) is 6.07 Å². The molecule has 0 fully saturated rings. The maximum atomic E-state index is 11.9. The monoisotopic (exact) mass is 297 g/mol. The van der Waals surface area contributed by atoms with Crippen molar-refractivity contribution >= 4 is 17.4 Å². The molecule has 8 heteroatoms. The smallest absolute Gasteiger partial charge is 0.377 e. The van der Waals surface area contributed by atoms with Gasteiger partial charge in [0.1, 0.15) is 17.6 Å². The molecule has 0 bridgehead atoms. The van der Waals surface area contributed by atoms with Crippen LogP contribution in [0.4, 0.5) is 19.0 Å². The number of alkyl halides is 3. The Hall–Kier alpha value is -1.08. The fourth-order valence-electron chi connectivity index (χ4n) is 1.42. The van der Waals surface area contributed by atoms with Gasteiger partial charge in [-0.1, -0.05) is 11.6 Å². The van der Waals surface area contributed by atoms with Gasteiger partial charge in [-0.05, 0) is 12.8 Å². The molecule has 108 valence electrons. The third kappa shape index (κ3) is 7.17. The van der Waals surface area contributed by atoms with Gasteiger partial charge >= 0.3 is 6.18 Å². The van der Waals surface area contributed by atoms with Crippen LogP contribution in [0.3, 0.4) is 0 Å². The van der Waals surface area contributed by atoms with Gasteiger partial charge in [-0.15, -0.1) is 0 Å². The molecule has 0 saturated carbocycles. The fourth-order valence-corrected chi connectivity index (χ4v) is 1.62. The van der Waals surface area contributed by atoms with Gasteiger partial charge < -0.3 is 10.1 Å². The third-order valence-electron chi connectivity index (χ3n) is 2.21. The molecule has 0 radical (unpaired) electrons. The van der Waals surface area contributed by atoms with Crippen LogP contribution in [0.25, 0.3) is 0 Å². The maximum Gasteiger partial charge on any atom is 0.389 e. The van der Waals surface area contributed by atoms with Crippen molar-refractivity contribution in [2.24, 2.45) is 0 Å². The number of hydrogen-bond acceptors (Lipinski definition) is 4. The molecule has 0 atom stereocenters. The van der Waals surface area contributed by atoms with E-state index < -0.39 is 12.6 Å². The van der Waals surface area contributed by atoms with E-state index in [9.17, 15) is 13.2 Å². The molecule has 0 amide bonds. The lowest BCUT2D eigenvalue weighted by Crippen LogP contribution is -2.10. The molecule has 0 aromatic carbocycles. The Balaban J connectivity index is 2.36. The zero-order chi connectivity index (χ0) is 14.3. The SMILES string of the molecule is COCc1nc(Cl)cc(NCCCCC(F)(F)F)n1. The van der Waals surface area contributed by atoms with Crippen LogP contribution in [0.5, 0.6) is 0 Å². The minimum atomic E-state index is -4.09. The summed E-state index contributed by atoms with van der Waals surface area (Å²) in [6.07, 6.45) is -4.38. The van der Waals surface area contributed by atoms with Crippen molar-refractivity contribution in [3.05, 3.63) is 17.0 Å². The predicted molar refractivity (Wildman–Crippen MR) is 66.2 cm³/mol. The Morgan fingerprint density at radius 3 is 2.68 bits per heavy atom. The average molecular weight is 298 g/mol. The molecule has 0 aliphatic heterocycles. The molecule has 4 nitrogen and oxygen atoms in total. The second-order valence-corrected chi connectivity index (χ2v) is 4.31. The molecule has 1 N–H and O–H groups in total. The lowest BCUT2D eigenvalue weighted by Gasteiger charge is -2.08. The molecule has 0 unspecified atom stereocenters. The highest BCUT2D eigenvalue weighted by Gasteiger charge is 2.25. The van der Waals surface area contributed by atoms with Gasteiger partial charge in [0.25, 0.3) is 0 Å². The van der Waals surface area contributed by atoms with Gasteiger partial charge in [-0.2, -0.15) is 13.2 Å². The number of ether oxygens (including phenoxy) is 1. The highest BCUT2D eigenvalue weighted by atomic mass is 35.5. The summed E-state index contributed by atoms with van der Waals surface area (Å²) >= 11 is 5.79.